The van der Waals surface area contributed by atoms with E-state index in [2.05, 4.69) is 21.0 Å². The molecule has 1 unspecified atom stereocenters. The predicted molar refractivity (Wildman–Crippen MR) is 84.6 cm³/mol. The molecule has 0 N–H and O–H groups in total. The maximum atomic E-state index is 13.4. The van der Waals surface area contributed by atoms with Crippen LogP contribution in [-0.2, 0) is 12.3 Å². The summed E-state index contributed by atoms with van der Waals surface area (Å²) < 4.78 is 15.6. The highest BCUT2D eigenvalue weighted by Crippen LogP contribution is 2.38. The Bertz CT molecular complexity index is 808. The second kappa shape index (κ2) is 5.11. The van der Waals surface area contributed by atoms with Crippen molar-refractivity contribution >= 4 is 34.0 Å². The monoisotopic (exact) mass is 320 g/mol. The van der Waals surface area contributed by atoms with Crippen LogP contribution in [0.25, 0.3) is 11.0 Å². The molecule has 108 valence electrons. The van der Waals surface area contributed by atoms with E-state index in [1.165, 1.54) is 29.0 Å². The first kappa shape index (κ1) is 13.3. The number of imidazole rings is 1. The number of alkyl halides is 1. The largest absolute Gasteiger partial charge is 0.319 e. The van der Waals surface area contributed by atoms with Crippen LogP contribution < -0.4 is 0 Å². The molecule has 2 aromatic heterocycles. The van der Waals surface area contributed by atoms with Crippen molar-refractivity contribution in [1.82, 2.24) is 9.55 Å². The minimum atomic E-state index is -0.256. The van der Waals surface area contributed by atoms with Crippen molar-refractivity contribution in [1.29, 1.82) is 0 Å². The zero-order valence-electron chi connectivity index (χ0n) is 11.4. The molecule has 0 bridgehead atoms. The third kappa shape index (κ3) is 2.09. The number of nitrogens with zero attached hydrogens (tertiary/aromatic N) is 2. The topological polar surface area (TPSA) is 17.8 Å². The molecule has 2 nitrogen and oxygen atoms in total. The molecular formula is C16H14ClFN2S. The van der Waals surface area contributed by atoms with Gasteiger partial charge in [-0.2, -0.15) is 0 Å². The highest BCUT2D eigenvalue weighted by atomic mass is 35.5. The molecule has 0 aliphatic heterocycles. The van der Waals surface area contributed by atoms with E-state index >= 15 is 0 Å². The first-order valence-corrected chi connectivity index (χ1v) is 8.48. The maximum absolute atomic E-state index is 13.4. The fourth-order valence-corrected chi connectivity index (χ4v) is 4.46. The van der Waals surface area contributed by atoms with Crippen LogP contribution in [0.2, 0.25) is 0 Å². The Morgan fingerprint density at radius 2 is 2.29 bits per heavy atom. The van der Waals surface area contributed by atoms with Gasteiger partial charge in [-0.25, -0.2) is 9.37 Å². The van der Waals surface area contributed by atoms with Gasteiger partial charge in [-0.05, 0) is 48.4 Å². The smallest absolute Gasteiger partial charge is 0.125 e. The van der Waals surface area contributed by atoms with Crippen LogP contribution >= 0.6 is 22.9 Å². The summed E-state index contributed by atoms with van der Waals surface area (Å²) >= 11 is 7.91. The zero-order valence-corrected chi connectivity index (χ0v) is 12.9. The van der Waals surface area contributed by atoms with E-state index in [1.54, 1.807) is 0 Å². The quantitative estimate of drug-likeness (QED) is 0.614. The van der Waals surface area contributed by atoms with E-state index in [-0.39, 0.29) is 11.9 Å². The maximum Gasteiger partial charge on any atom is 0.125 e. The standard InChI is InChI=1S/C16H14ClFN2S/c17-9-16-19-12-8-10(18)4-5-14(12)20(16)13-2-1-3-15-11(13)6-7-21-15/h4-8,13H,1-3,9H2. The van der Waals surface area contributed by atoms with Crippen molar-refractivity contribution < 1.29 is 4.39 Å². The summed E-state index contributed by atoms with van der Waals surface area (Å²) in [5, 5.41) is 2.15. The molecule has 3 aromatic rings. The van der Waals surface area contributed by atoms with Crippen LogP contribution in [0.1, 0.15) is 35.1 Å². The lowest BCUT2D eigenvalue weighted by atomic mass is 9.93. The number of hydrogen-bond donors (Lipinski definition) is 0. The molecule has 0 fully saturated rings. The van der Waals surface area contributed by atoms with Crippen molar-refractivity contribution in [2.45, 2.75) is 31.2 Å². The highest BCUT2D eigenvalue weighted by molar-refractivity contribution is 7.10. The van der Waals surface area contributed by atoms with E-state index in [0.717, 1.165) is 24.2 Å². The van der Waals surface area contributed by atoms with Gasteiger partial charge < -0.3 is 4.57 Å². The Morgan fingerprint density at radius 3 is 3.14 bits per heavy atom. The summed E-state index contributed by atoms with van der Waals surface area (Å²) in [4.78, 5) is 5.97. The highest BCUT2D eigenvalue weighted by Gasteiger charge is 2.26. The Morgan fingerprint density at radius 1 is 1.38 bits per heavy atom. The molecule has 1 aromatic carbocycles. The Hall–Kier alpha value is -1.39. The van der Waals surface area contributed by atoms with Gasteiger partial charge in [-0.1, -0.05) is 0 Å². The number of hydrogen-bond acceptors (Lipinski definition) is 2. The van der Waals surface area contributed by atoms with E-state index < -0.39 is 0 Å². The molecule has 4 rings (SSSR count). The second-order valence-electron chi connectivity index (χ2n) is 5.37. The van der Waals surface area contributed by atoms with Crippen molar-refractivity contribution in [3.8, 4) is 0 Å². The number of halogens is 2. The third-order valence-corrected chi connectivity index (χ3v) is 5.41. The van der Waals surface area contributed by atoms with E-state index in [9.17, 15) is 4.39 Å². The van der Waals surface area contributed by atoms with Crippen LogP contribution in [0.5, 0.6) is 0 Å². The first-order chi connectivity index (χ1) is 10.3. The lowest BCUT2D eigenvalue weighted by molar-refractivity contribution is 0.494. The number of aryl methyl sites for hydroxylation is 1. The van der Waals surface area contributed by atoms with Crippen LogP contribution in [0.4, 0.5) is 4.39 Å². The van der Waals surface area contributed by atoms with E-state index in [0.29, 0.717) is 11.4 Å². The van der Waals surface area contributed by atoms with Gasteiger partial charge in [0.25, 0.3) is 0 Å². The summed E-state index contributed by atoms with van der Waals surface area (Å²) in [5.74, 6) is 0.904. The summed E-state index contributed by atoms with van der Waals surface area (Å²) in [5.41, 5.74) is 3.03. The minimum Gasteiger partial charge on any atom is -0.319 e. The van der Waals surface area contributed by atoms with Gasteiger partial charge in [0.15, 0.2) is 0 Å². The van der Waals surface area contributed by atoms with Crippen LogP contribution in [0.15, 0.2) is 29.6 Å². The van der Waals surface area contributed by atoms with Crippen molar-refractivity contribution in [2.75, 3.05) is 0 Å². The number of rotatable bonds is 2. The van der Waals surface area contributed by atoms with Crippen molar-refractivity contribution in [2.24, 2.45) is 0 Å². The van der Waals surface area contributed by atoms with Gasteiger partial charge in [0.05, 0.1) is 23.0 Å². The third-order valence-electron chi connectivity index (χ3n) is 4.18. The van der Waals surface area contributed by atoms with Gasteiger partial charge in [0, 0.05) is 10.9 Å². The lowest BCUT2D eigenvalue weighted by Gasteiger charge is -2.26. The van der Waals surface area contributed by atoms with Gasteiger partial charge in [-0.15, -0.1) is 22.9 Å². The van der Waals surface area contributed by atoms with Gasteiger partial charge >= 0.3 is 0 Å². The fraction of sp³-hybridized carbons (Fsp3) is 0.312. The summed E-state index contributed by atoms with van der Waals surface area (Å²) in [6.07, 6.45) is 3.40. The molecule has 1 aliphatic carbocycles. The minimum absolute atomic E-state index is 0.256. The SMILES string of the molecule is Fc1ccc2c(c1)nc(CCl)n2C1CCCc2sccc21. The number of fused-ring (bicyclic) bond motifs is 2. The molecule has 1 atom stereocenters. The Balaban J connectivity index is 1.95. The van der Waals surface area contributed by atoms with Gasteiger partial charge in [0.2, 0.25) is 0 Å². The Labute approximate surface area is 131 Å². The summed E-state index contributed by atoms with van der Waals surface area (Å²) in [6.45, 7) is 0. The number of benzene rings is 1. The van der Waals surface area contributed by atoms with E-state index in [1.807, 2.05) is 17.4 Å². The lowest BCUT2D eigenvalue weighted by Crippen LogP contribution is -2.17. The van der Waals surface area contributed by atoms with Crippen LogP contribution in [0, 0.1) is 5.82 Å². The molecular weight excluding hydrogens is 307 g/mol. The van der Waals surface area contributed by atoms with Gasteiger partial charge in [0.1, 0.15) is 11.6 Å². The van der Waals surface area contributed by atoms with Crippen LogP contribution in [-0.4, -0.2) is 9.55 Å². The van der Waals surface area contributed by atoms with Crippen molar-refractivity contribution in [3.05, 3.63) is 51.7 Å². The molecule has 0 amide bonds. The molecule has 2 heterocycles. The molecule has 0 saturated heterocycles. The molecule has 5 heteroatoms. The molecule has 1 aliphatic rings. The van der Waals surface area contributed by atoms with Crippen molar-refractivity contribution in [3.63, 3.8) is 0 Å². The van der Waals surface area contributed by atoms with E-state index in [4.69, 9.17) is 11.6 Å². The predicted octanol–water partition coefficient (Wildman–Crippen LogP) is 4.90. The average Bonchev–Trinajstić information content (AvgIpc) is 3.09. The number of thiophene rings is 1. The average molecular weight is 321 g/mol. The summed E-state index contributed by atoms with van der Waals surface area (Å²) in [6, 6.07) is 7.27. The summed E-state index contributed by atoms with van der Waals surface area (Å²) in [7, 11) is 0. The zero-order chi connectivity index (χ0) is 14.4. The molecule has 21 heavy (non-hydrogen) atoms. The van der Waals surface area contributed by atoms with Crippen LogP contribution in [0.3, 0.4) is 0 Å². The molecule has 0 saturated carbocycles. The second-order valence-corrected chi connectivity index (χ2v) is 6.64. The molecule has 0 radical (unpaired) electrons. The number of aromatic nitrogens is 2. The van der Waals surface area contributed by atoms with Gasteiger partial charge in [-0.3, -0.25) is 0 Å². The fourth-order valence-electron chi connectivity index (χ4n) is 3.29. The normalized spacial score (nSPS) is 18.1. The Kier molecular flexibility index (Phi) is 3.23. The molecule has 0 spiro atoms. The first-order valence-electron chi connectivity index (χ1n) is 7.06.